The molecule has 4 rings (SSSR count). The molecule has 1 aliphatic heterocycles. The number of piperazine rings is 1. The van der Waals surface area contributed by atoms with Crippen molar-refractivity contribution < 1.29 is 17.9 Å². The van der Waals surface area contributed by atoms with E-state index in [4.69, 9.17) is 4.74 Å². The number of imidazole rings is 1. The minimum atomic E-state index is -3.74. The predicted molar refractivity (Wildman–Crippen MR) is 119 cm³/mol. The van der Waals surface area contributed by atoms with Crippen LogP contribution >= 0.6 is 0 Å². The summed E-state index contributed by atoms with van der Waals surface area (Å²) in [5.74, 6) is 0. The molecule has 3 aromatic rings. The van der Waals surface area contributed by atoms with Crippen molar-refractivity contribution in [3.63, 3.8) is 0 Å². The summed E-state index contributed by atoms with van der Waals surface area (Å²) in [5.41, 5.74) is 1.46. The number of fused-ring (bicyclic) bond motifs is 1. The fraction of sp³-hybridized carbons (Fsp3) is 0.364. The molecule has 1 aliphatic rings. The topological polar surface area (TPSA) is 84.7 Å². The predicted octanol–water partition coefficient (Wildman–Crippen LogP) is 3.33. The molecule has 8 nitrogen and oxygen atoms in total. The first-order valence-corrected chi connectivity index (χ1v) is 11.6. The number of nitrogens with zero attached hydrogens (tertiary/aromatic N) is 4. The maximum Gasteiger partial charge on any atom is 0.410 e. The van der Waals surface area contributed by atoms with E-state index in [1.165, 1.54) is 10.3 Å². The van der Waals surface area contributed by atoms with E-state index in [9.17, 15) is 13.2 Å². The zero-order valence-electron chi connectivity index (χ0n) is 17.9. The first kappa shape index (κ1) is 21.2. The van der Waals surface area contributed by atoms with E-state index < -0.39 is 15.6 Å². The van der Waals surface area contributed by atoms with E-state index in [0.29, 0.717) is 37.2 Å². The number of benzene rings is 2. The SMILES string of the molecule is CC(C)(C)OC(=O)N1CCN(c2cccc3c2ncn3S(=O)(=O)c2ccccc2)CC1. The second-order valence-corrected chi connectivity index (χ2v) is 10.3. The Kier molecular flexibility index (Phi) is 5.38. The van der Waals surface area contributed by atoms with Crippen molar-refractivity contribution in [2.24, 2.45) is 0 Å². The number of hydrogen-bond acceptors (Lipinski definition) is 6. The number of hydrogen-bond donors (Lipinski definition) is 0. The summed E-state index contributed by atoms with van der Waals surface area (Å²) < 4.78 is 32.8. The minimum absolute atomic E-state index is 0.214. The van der Waals surface area contributed by atoms with Crippen LogP contribution in [0.5, 0.6) is 0 Å². The lowest BCUT2D eigenvalue weighted by molar-refractivity contribution is 0.0240. The Bertz CT molecular complexity index is 1190. The molecule has 9 heteroatoms. The number of rotatable bonds is 3. The lowest BCUT2D eigenvalue weighted by Gasteiger charge is -2.36. The number of carbonyl (C=O) groups is 1. The van der Waals surface area contributed by atoms with Crippen LogP contribution in [0.2, 0.25) is 0 Å². The van der Waals surface area contributed by atoms with E-state index in [1.54, 1.807) is 41.3 Å². The van der Waals surface area contributed by atoms with Crippen molar-refractivity contribution in [3.8, 4) is 0 Å². The van der Waals surface area contributed by atoms with Gasteiger partial charge in [-0.15, -0.1) is 0 Å². The van der Waals surface area contributed by atoms with Crippen molar-refractivity contribution in [3.05, 3.63) is 54.9 Å². The molecule has 0 aliphatic carbocycles. The largest absolute Gasteiger partial charge is 0.444 e. The third-order valence-electron chi connectivity index (χ3n) is 5.09. The highest BCUT2D eigenvalue weighted by Crippen LogP contribution is 2.29. The summed E-state index contributed by atoms with van der Waals surface area (Å²) in [6, 6.07) is 13.8. The van der Waals surface area contributed by atoms with Crippen LogP contribution in [0.1, 0.15) is 20.8 Å². The number of anilines is 1. The lowest BCUT2D eigenvalue weighted by Crippen LogP contribution is -2.50. The van der Waals surface area contributed by atoms with Gasteiger partial charge in [-0.05, 0) is 45.0 Å². The third kappa shape index (κ3) is 4.23. The number of aromatic nitrogens is 2. The van der Waals surface area contributed by atoms with Gasteiger partial charge in [-0.25, -0.2) is 22.2 Å². The number of para-hydroxylation sites is 1. The van der Waals surface area contributed by atoms with E-state index in [0.717, 1.165) is 5.69 Å². The van der Waals surface area contributed by atoms with Gasteiger partial charge in [0.25, 0.3) is 10.0 Å². The second-order valence-electron chi connectivity index (χ2n) is 8.46. The highest BCUT2D eigenvalue weighted by atomic mass is 32.2. The number of ether oxygens (including phenoxy) is 1. The molecule has 0 saturated carbocycles. The van der Waals surface area contributed by atoms with Gasteiger partial charge in [0.05, 0.1) is 16.1 Å². The van der Waals surface area contributed by atoms with Crippen LogP contribution in [-0.4, -0.2) is 60.1 Å². The Balaban J connectivity index is 1.58. The van der Waals surface area contributed by atoms with Crippen molar-refractivity contribution in [2.75, 3.05) is 31.1 Å². The first-order valence-electron chi connectivity index (χ1n) is 10.2. The minimum Gasteiger partial charge on any atom is -0.444 e. The molecule has 2 heterocycles. The van der Waals surface area contributed by atoms with Crippen molar-refractivity contribution >= 4 is 32.8 Å². The molecule has 0 bridgehead atoms. The zero-order valence-corrected chi connectivity index (χ0v) is 18.7. The average Bonchev–Trinajstić information content (AvgIpc) is 3.18. The molecule has 0 unspecified atom stereocenters. The highest BCUT2D eigenvalue weighted by molar-refractivity contribution is 7.90. The molecule has 1 amide bonds. The third-order valence-corrected chi connectivity index (χ3v) is 6.77. The highest BCUT2D eigenvalue weighted by Gasteiger charge is 2.27. The van der Waals surface area contributed by atoms with Crippen LogP contribution in [0, 0.1) is 0 Å². The zero-order chi connectivity index (χ0) is 22.2. The van der Waals surface area contributed by atoms with Gasteiger partial charge in [-0.1, -0.05) is 24.3 Å². The van der Waals surface area contributed by atoms with Crippen molar-refractivity contribution in [1.82, 2.24) is 13.9 Å². The fourth-order valence-electron chi connectivity index (χ4n) is 3.61. The van der Waals surface area contributed by atoms with Crippen LogP contribution in [-0.2, 0) is 14.8 Å². The molecule has 0 radical (unpaired) electrons. The molecule has 0 N–H and O–H groups in total. The van der Waals surface area contributed by atoms with Crippen LogP contribution in [0.3, 0.4) is 0 Å². The van der Waals surface area contributed by atoms with E-state index in [2.05, 4.69) is 9.88 Å². The quantitative estimate of drug-likeness (QED) is 0.619. The number of carbonyl (C=O) groups excluding carboxylic acids is 1. The van der Waals surface area contributed by atoms with Gasteiger partial charge in [0.2, 0.25) is 0 Å². The van der Waals surface area contributed by atoms with Crippen LogP contribution < -0.4 is 4.90 Å². The Labute approximate surface area is 182 Å². The van der Waals surface area contributed by atoms with Gasteiger partial charge < -0.3 is 14.5 Å². The summed E-state index contributed by atoms with van der Waals surface area (Å²) in [7, 11) is -3.74. The summed E-state index contributed by atoms with van der Waals surface area (Å²) in [6.07, 6.45) is 1.04. The molecule has 0 atom stereocenters. The van der Waals surface area contributed by atoms with Gasteiger partial charge >= 0.3 is 6.09 Å². The summed E-state index contributed by atoms with van der Waals surface area (Å²) in [4.78, 5) is 20.8. The lowest BCUT2D eigenvalue weighted by atomic mass is 10.2. The molecule has 164 valence electrons. The maximum absolute atomic E-state index is 13.1. The van der Waals surface area contributed by atoms with Gasteiger partial charge in [-0.3, -0.25) is 0 Å². The molecule has 2 aromatic carbocycles. The van der Waals surface area contributed by atoms with Gasteiger partial charge in [0.1, 0.15) is 17.4 Å². The van der Waals surface area contributed by atoms with E-state index in [1.807, 2.05) is 32.9 Å². The monoisotopic (exact) mass is 442 g/mol. The second kappa shape index (κ2) is 7.88. The molecular weight excluding hydrogens is 416 g/mol. The number of amides is 1. The smallest absolute Gasteiger partial charge is 0.410 e. The normalized spacial score (nSPS) is 15.3. The van der Waals surface area contributed by atoms with Gasteiger partial charge in [-0.2, -0.15) is 0 Å². The Morgan fingerprint density at radius 2 is 1.65 bits per heavy atom. The van der Waals surface area contributed by atoms with Crippen LogP contribution in [0.15, 0.2) is 59.8 Å². The molecule has 31 heavy (non-hydrogen) atoms. The standard InChI is InChI=1S/C22H26N4O4S/c1-22(2,3)30-21(27)25-14-12-24(13-15-25)18-10-7-11-19-20(18)23-16-26(19)31(28,29)17-8-5-4-6-9-17/h4-11,16H,12-15H2,1-3H3. The first-order chi connectivity index (χ1) is 14.7. The summed E-state index contributed by atoms with van der Waals surface area (Å²) >= 11 is 0. The summed E-state index contributed by atoms with van der Waals surface area (Å²) in [5, 5.41) is 0. The Morgan fingerprint density at radius 1 is 0.968 bits per heavy atom. The van der Waals surface area contributed by atoms with Crippen LogP contribution in [0.4, 0.5) is 10.5 Å². The molecule has 0 spiro atoms. The summed E-state index contributed by atoms with van der Waals surface area (Å²) in [6.45, 7) is 7.81. The van der Waals surface area contributed by atoms with Gasteiger partial charge in [0, 0.05) is 26.2 Å². The molecule has 1 aromatic heterocycles. The molecular formula is C22H26N4O4S. The fourth-order valence-corrected chi connectivity index (χ4v) is 4.92. The molecule has 1 saturated heterocycles. The Hall–Kier alpha value is -3.07. The maximum atomic E-state index is 13.1. The van der Waals surface area contributed by atoms with Crippen molar-refractivity contribution in [1.29, 1.82) is 0 Å². The van der Waals surface area contributed by atoms with Crippen LogP contribution in [0.25, 0.3) is 11.0 Å². The van der Waals surface area contributed by atoms with Crippen molar-refractivity contribution in [2.45, 2.75) is 31.3 Å². The van der Waals surface area contributed by atoms with E-state index in [-0.39, 0.29) is 11.0 Å². The molecule has 1 fully saturated rings. The van der Waals surface area contributed by atoms with Gasteiger partial charge in [0.15, 0.2) is 0 Å². The van der Waals surface area contributed by atoms with E-state index >= 15 is 0 Å². The average molecular weight is 443 g/mol. The Morgan fingerprint density at radius 3 is 2.29 bits per heavy atom.